The number of hydrogen-bond donors (Lipinski definition) is 1. The second kappa shape index (κ2) is 8.76. The second-order valence-corrected chi connectivity index (χ2v) is 8.53. The summed E-state index contributed by atoms with van der Waals surface area (Å²) in [5.74, 6) is 1.24. The quantitative estimate of drug-likeness (QED) is 0.794. The van der Waals surface area contributed by atoms with Crippen LogP contribution in [-0.2, 0) is 11.3 Å². The van der Waals surface area contributed by atoms with Crippen molar-refractivity contribution in [2.45, 2.75) is 45.1 Å². The van der Waals surface area contributed by atoms with Crippen LogP contribution in [0.1, 0.15) is 54.8 Å². The number of nitrogens with zero attached hydrogens (tertiary/aromatic N) is 2. The van der Waals surface area contributed by atoms with Gasteiger partial charge in [-0.15, -0.1) is 0 Å². The Hall–Kier alpha value is -1.37. The zero-order chi connectivity index (χ0) is 18.5. The van der Waals surface area contributed by atoms with Gasteiger partial charge in [-0.05, 0) is 76.8 Å². The minimum absolute atomic E-state index is 0.0880. The summed E-state index contributed by atoms with van der Waals surface area (Å²) in [5.41, 5.74) is 0.128. The molecule has 4 rings (SSSR count). The number of likely N-dealkylation sites (tertiary alicyclic amines) is 2. The Morgan fingerprint density at radius 3 is 2.37 bits per heavy atom. The third-order valence-electron chi connectivity index (χ3n) is 6.40. The summed E-state index contributed by atoms with van der Waals surface area (Å²) in [5, 5.41) is 3.16. The zero-order valence-corrected chi connectivity index (χ0v) is 16.4. The van der Waals surface area contributed by atoms with Crippen molar-refractivity contribution >= 4 is 5.91 Å². The fraction of sp³-hybridized carbons (Fsp3) is 0.762. The molecule has 6 heteroatoms. The Balaban J connectivity index is 1.32. The molecule has 0 atom stereocenters. The molecule has 1 amide bonds. The van der Waals surface area contributed by atoms with Crippen molar-refractivity contribution in [3.8, 4) is 0 Å². The van der Waals surface area contributed by atoms with E-state index in [0.717, 1.165) is 58.0 Å². The molecule has 3 fully saturated rings. The molecular weight excluding hydrogens is 342 g/mol. The number of amides is 1. The Morgan fingerprint density at radius 2 is 1.67 bits per heavy atom. The molecule has 0 aliphatic carbocycles. The van der Waals surface area contributed by atoms with Crippen molar-refractivity contribution in [3.63, 3.8) is 0 Å². The maximum Gasteiger partial charge on any atom is 0.287 e. The molecule has 3 aliphatic rings. The van der Waals surface area contributed by atoms with Crippen molar-refractivity contribution in [1.29, 1.82) is 0 Å². The predicted octanol–water partition coefficient (Wildman–Crippen LogP) is 2.50. The lowest BCUT2D eigenvalue weighted by Crippen LogP contribution is -2.48. The standard InChI is InChI=1S/C21H33N3O3/c25-20(19-6-5-18(27-19)15-23-9-1-2-10-23)22-16-21(7-13-26-14-8-21)17-24-11-3-4-12-24/h5-6H,1-4,7-17H2,(H,22,25). The molecule has 6 nitrogen and oxygen atoms in total. The number of carbonyl (C=O) groups is 1. The molecule has 0 spiro atoms. The fourth-order valence-electron chi connectivity index (χ4n) is 4.71. The lowest BCUT2D eigenvalue weighted by Gasteiger charge is -2.40. The van der Waals surface area contributed by atoms with Gasteiger partial charge in [0.05, 0.1) is 6.54 Å². The van der Waals surface area contributed by atoms with E-state index >= 15 is 0 Å². The Kier molecular flexibility index (Phi) is 6.15. The van der Waals surface area contributed by atoms with Crippen LogP contribution in [0.25, 0.3) is 0 Å². The number of ether oxygens (including phenoxy) is 1. The lowest BCUT2D eigenvalue weighted by molar-refractivity contribution is -0.000759. The molecule has 1 N–H and O–H groups in total. The number of carbonyl (C=O) groups excluding carboxylic acids is 1. The molecule has 150 valence electrons. The summed E-state index contributed by atoms with van der Waals surface area (Å²) in [6, 6.07) is 3.76. The van der Waals surface area contributed by atoms with Crippen molar-refractivity contribution in [1.82, 2.24) is 15.1 Å². The molecule has 0 aromatic carbocycles. The molecule has 1 aromatic heterocycles. The van der Waals surface area contributed by atoms with E-state index in [0.29, 0.717) is 12.3 Å². The van der Waals surface area contributed by atoms with Gasteiger partial charge in [0.25, 0.3) is 5.91 Å². The third-order valence-corrected chi connectivity index (χ3v) is 6.40. The maximum atomic E-state index is 12.7. The van der Waals surface area contributed by atoms with Crippen LogP contribution in [0, 0.1) is 5.41 Å². The van der Waals surface area contributed by atoms with Crippen LogP contribution in [0.5, 0.6) is 0 Å². The van der Waals surface area contributed by atoms with Crippen LogP contribution in [0.4, 0.5) is 0 Å². The highest BCUT2D eigenvalue weighted by molar-refractivity contribution is 5.91. The van der Waals surface area contributed by atoms with E-state index in [-0.39, 0.29) is 11.3 Å². The number of hydrogen-bond acceptors (Lipinski definition) is 5. The van der Waals surface area contributed by atoms with E-state index in [1.54, 1.807) is 0 Å². The van der Waals surface area contributed by atoms with Gasteiger partial charge < -0.3 is 19.4 Å². The van der Waals surface area contributed by atoms with E-state index in [1.807, 2.05) is 12.1 Å². The van der Waals surface area contributed by atoms with Crippen molar-refractivity contribution < 1.29 is 13.9 Å². The van der Waals surface area contributed by atoms with Crippen LogP contribution < -0.4 is 5.32 Å². The van der Waals surface area contributed by atoms with Crippen LogP contribution in [0.2, 0.25) is 0 Å². The minimum Gasteiger partial charge on any atom is -0.455 e. The minimum atomic E-state index is -0.0880. The first-order valence-corrected chi connectivity index (χ1v) is 10.6. The first kappa shape index (κ1) is 19.0. The SMILES string of the molecule is O=C(NCC1(CN2CCCC2)CCOCC1)c1ccc(CN2CCCC2)o1. The van der Waals surface area contributed by atoms with Gasteiger partial charge in [0.2, 0.25) is 0 Å². The highest BCUT2D eigenvalue weighted by Crippen LogP contribution is 2.32. The largest absolute Gasteiger partial charge is 0.455 e. The van der Waals surface area contributed by atoms with Crippen LogP contribution in [-0.4, -0.2) is 68.2 Å². The monoisotopic (exact) mass is 375 g/mol. The molecule has 27 heavy (non-hydrogen) atoms. The van der Waals surface area contributed by atoms with E-state index in [9.17, 15) is 4.79 Å². The molecule has 3 saturated heterocycles. The Labute approximate surface area is 162 Å². The summed E-state index contributed by atoms with van der Waals surface area (Å²) in [6.07, 6.45) is 7.15. The average Bonchev–Trinajstić information content (AvgIpc) is 3.44. The van der Waals surface area contributed by atoms with Gasteiger partial charge in [-0.1, -0.05) is 0 Å². The van der Waals surface area contributed by atoms with Gasteiger partial charge in [-0.25, -0.2) is 0 Å². The Morgan fingerprint density at radius 1 is 1.00 bits per heavy atom. The summed E-state index contributed by atoms with van der Waals surface area (Å²) < 4.78 is 11.4. The predicted molar refractivity (Wildman–Crippen MR) is 104 cm³/mol. The summed E-state index contributed by atoms with van der Waals surface area (Å²) >= 11 is 0. The van der Waals surface area contributed by atoms with Gasteiger partial charge in [0, 0.05) is 31.7 Å². The molecule has 0 bridgehead atoms. The van der Waals surface area contributed by atoms with Crippen molar-refractivity contribution in [2.24, 2.45) is 5.41 Å². The molecule has 0 saturated carbocycles. The van der Waals surface area contributed by atoms with Crippen molar-refractivity contribution in [3.05, 3.63) is 23.7 Å². The number of rotatable bonds is 7. The third kappa shape index (κ3) is 4.92. The van der Waals surface area contributed by atoms with Gasteiger partial charge in [-0.2, -0.15) is 0 Å². The molecule has 0 unspecified atom stereocenters. The fourth-order valence-corrected chi connectivity index (χ4v) is 4.71. The second-order valence-electron chi connectivity index (χ2n) is 8.53. The molecular formula is C21H33N3O3. The van der Waals surface area contributed by atoms with Crippen LogP contribution in [0.3, 0.4) is 0 Å². The topological polar surface area (TPSA) is 58.0 Å². The zero-order valence-electron chi connectivity index (χ0n) is 16.4. The maximum absolute atomic E-state index is 12.7. The highest BCUT2D eigenvalue weighted by atomic mass is 16.5. The smallest absolute Gasteiger partial charge is 0.287 e. The first-order chi connectivity index (χ1) is 13.2. The van der Waals surface area contributed by atoms with Crippen LogP contribution in [0.15, 0.2) is 16.5 Å². The molecule has 1 aromatic rings. The summed E-state index contributed by atoms with van der Waals surface area (Å²) in [6.45, 7) is 8.80. The highest BCUT2D eigenvalue weighted by Gasteiger charge is 2.35. The summed E-state index contributed by atoms with van der Waals surface area (Å²) in [7, 11) is 0. The number of furan rings is 1. The van der Waals surface area contributed by atoms with Gasteiger partial charge >= 0.3 is 0 Å². The molecule has 4 heterocycles. The molecule has 0 radical (unpaired) electrons. The molecule has 3 aliphatic heterocycles. The van der Waals surface area contributed by atoms with E-state index < -0.39 is 0 Å². The van der Waals surface area contributed by atoms with Crippen LogP contribution >= 0.6 is 0 Å². The normalized spacial score (nSPS) is 23.7. The van der Waals surface area contributed by atoms with E-state index in [2.05, 4.69) is 15.1 Å². The number of nitrogens with one attached hydrogen (secondary N) is 1. The van der Waals surface area contributed by atoms with Gasteiger partial charge in [0.1, 0.15) is 5.76 Å². The van der Waals surface area contributed by atoms with Gasteiger partial charge in [0.15, 0.2) is 5.76 Å². The Bertz CT molecular complexity index is 612. The van der Waals surface area contributed by atoms with E-state index in [1.165, 1.54) is 38.8 Å². The van der Waals surface area contributed by atoms with Crippen molar-refractivity contribution in [2.75, 3.05) is 52.5 Å². The van der Waals surface area contributed by atoms with Gasteiger partial charge in [-0.3, -0.25) is 9.69 Å². The average molecular weight is 376 g/mol. The van der Waals surface area contributed by atoms with E-state index in [4.69, 9.17) is 9.15 Å². The summed E-state index contributed by atoms with van der Waals surface area (Å²) in [4.78, 5) is 17.6. The lowest BCUT2D eigenvalue weighted by atomic mass is 9.79. The first-order valence-electron chi connectivity index (χ1n) is 10.6.